The summed E-state index contributed by atoms with van der Waals surface area (Å²) in [6, 6.07) is 12.8. The number of rotatable bonds is 8. The van der Waals surface area contributed by atoms with Crippen LogP contribution in [-0.4, -0.2) is 34.0 Å². The number of carbonyl (C=O) groups excluding carboxylic acids is 1. The monoisotopic (exact) mass is 475 g/mol. The van der Waals surface area contributed by atoms with Crippen LogP contribution in [0, 0.1) is 18.8 Å². The minimum absolute atomic E-state index is 0.0544. The molecule has 1 amide bonds. The minimum Gasteiger partial charge on any atom is -0.495 e. The minimum atomic E-state index is -0.371. The molecule has 1 heterocycles. The van der Waals surface area contributed by atoms with Gasteiger partial charge in [-0.3, -0.25) is 14.2 Å². The molecule has 35 heavy (non-hydrogen) atoms. The van der Waals surface area contributed by atoms with E-state index in [4.69, 9.17) is 9.72 Å². The van der Waals surface area contributed by atoms with Gasteiger partial charge in [-0.2, -0.15) is 0 Å². The van der Waals surface area contributed by atoms with Gasteiger partial charge in [-0.25, -0.2) is 4.98 Å². The van der Waals surface area contributed by atoms with Crippen molar-refractivity contribution in [3.8, 4) is 11.4 Å². The standard InChI is InChI=1S/C29H37N3O3/c1-19(2)16-17-31(28(33)22-10-6-7-11-22)21(4)27-30-24-13-9-8-12-23(24)29(34)32(27)25-18-20(3)14-15-26(25)35-5/h8-9,12-15,18-19,21-22H,6-7,10-11,16-17H2,1-5H3. The van der Waals surface area contributed by atoms with Crippen LogP contribution in [0.1, 0.15) is 70.3 Å². The summed E-state index contributed by atoms with van der Waals surface area (Å²) in [5, 5.41) is 0.544. The van der Waals surface area contributed by atoms with Gasteiger partial charge in [-0.05, 0) is 68.9 Å². The summed E-state index contributed by atoms with van der Waals surface area (Å²) in [7, 11) is 1.61. The van der Waals surface area contributed by atoms with Gasteiger partial charge in [0.1, 0.15) is 11.6 Å². The van der Waals surface area contributed by atoms with Crippen molar-refractivity contribution < 1.29 is 9.53 Å². The third-order valence-corrected chi connectivity index (χ3v) is 7.15. The van der Waals surface area contributed by atoms with Crippen LogP contribution in [0.4, 0.5) is 0 Å². The van der Waals surface area contributed by atoms with Crippen LogP contribution in [0.2, 0.25) is 0 Å². The Morgan fingerprint density at radius 1 is 1.14 bits per heavy atom. The molecule has 6 nitrogen and oxygen atoms in total. The van der Waals surface area contributed by atoms with Crippen molar-refractivity contribution in [3.63, 3.8) is 0 Å². The average Bonchev–Trinajstić information content (AvgIpc) is 3.39. The molecule has 1 aliphatic carbocycles. The van der Waals surface area contributed by atoms with E-state index in [2.05, 4.69) is 13.8 Å². The molecule has 1 fully saturated rings. The molecule has 0 saturated heterocycles. The van der Waals surface area contributed by atoms with Gasteiger partial charge in [0.25, 0.3) is 5.56 Å². The lowest BCUT2D eigenvalue weighted by Gasteiger charge is -2.33. The molecule has 186 valence electrons. The van der Waals surface area contributed by atoms with Crippen molar-refractivity contribution in [1.29, 1.82) is 0 Å². The van der Waals surface area contributed by atoms with E-state index < -0.39 is 0 Å². The van der Waals surface area contributed by atoms with E-state index in [9.17, 15) is 9.59 Å². The average molecular weight is 476 g/mol. The summed E-state index contributed by atoms with van der Waals surface area (Å²) >= 11 is 0. The van der Waals surface area contributed by atoms with E-state index >= 15 is 0 Å². The molecule has 3 aromatic rings. The number of benzene rings is 2. The maximum atomic E-state index is 13.9. The smallest absolute Gasteiger partial charge is 0.266 e. The lowest BCUT2D eigenvalue weighted by Crippen LogP contribution is -2.41. The molecule has 1 atom stereocenters. The lowest BCUT2D eigenvalue weighted by molar-refractivity contribution is -0.138. The summed E-state index contributed by atoms with van der Waals surface area (Å²) in [5.74, 6) is 1.86. The van der Waals surface area contributed by atoms with E-state index in [0.717, 1.165) is 37.7 Å². The van der Waals surface area contributed by atoms with Crippen molar-refractivity contribution in [2.24, 2.45) is 11.8 Å². The Balaban J connectivity index is 1.92. The molecule has 1 aliphatic rings. The fourth-order valence-corrected chi connectivity index (χ4v) is 5.08. The van der Waals surface area contributed by atoms with Crippen LogP contribution >= 0.6 is 0 Å². The lowest BCUT2D eigenvalue weighted by atomic mass is 10.0. The van der Waals surface area contributed by atoms with Crippen LogP contribution in [0.15, 0.2) is 47.3 Å². The summed E-state index contributed by atoms with van der Waals surface area (Å²) in [5.41, 5.74) is 2.14. The first kappa shape index (κ1) is 25.0. The zero-order valence-electron chi connectivity index (χ0n) is 21.6. The van der Waals surface area contributed by atoms with Crippen molar-refractivity contribution in [2.45, 2.75) is 65.8 Å². The molecule has 0 bridgehead atoms. The Hall–Kier alpha value is -3.15. The van der Waals surface area contributed by atoms with Gasteiger partial charge in [-0.15, -0.1) is 0 Å². The highest BCUT2D eigenvalue weighted by Gasteiger charge is 2.33. The number of nitrogens with zero attached hydrogens (tertiary/aromatic N) is 3. The Morgan fingerprint density at radius 2 is 1.86 bits per heavy atom. The van der Waals surface area contributed by atoms with Crippen LogP contribution in [0.25, 0.3) is 16.6 Å². The number of aryl methyl sites for hydroxylation is 1. The number of aromatic nitrogens is 2. The Labute approximate surface area is 207 Å². The van der Waals surface area contributed by atoms with Crippen molar-refractivity contribution in [1.82, 2.24) is 14.5 Å². The summed E-state index contributed by atoms with van der Waals surface area (Å²) < 4.78 is 7.31. The summed E-state index contributed by atoms with van der Waals surface area (Å²) in [4.78, 5) is 34.6. The van der Waals surface area contributed by atoms with E-state index in [0.29, 0.717) is 40.6 Å². The molecule has 1 unspecified atom stereocenters. The van der Waals surface area contributed by atoms with E-state index in [1.807, 2.05) is 55.1 Å². The number of methoxy groups -OCH3 is 1. The molecule has 2 aromatic carbocycles. The number of para-hydroxylation sites is 1. The van der Waals surface area contributed by atoms with Crippen molar-refractivity contribution >= 4 is 16.8 Å². The van der Waals surface area contributed by atoms with Crippen LogP contribution in [0.5, 0.6) is 5.75 Å². The number of fused-ring (bicyclic) bond motifs is 1. The van der Waals surface area contributed by atoms with Crippen LogP contribution < -0.4 is 10.3 Å². The second-order valence-electron chi connectivity index (χ2n) is 10.2. The summed E-state index contributed by atoms with van der Waals surface area (Å²) in [6.07, 6.45) is 4.97. The Morgan fingerprint density at radius 3 is 2.54 bits per heavy atom. The highest BCUT2D eigenvalue weighted by atomic mass is 16.5. The maximum Gasteiger partial charge on any atom is 0.266 e. The molecular formula is C29H37N3O3. The van der Waals surface area contributed by atoms with Gasteiger partial charge in [0.15, 0.2) is 0 Å². The first-order chi connectivity index (χ1) is 16.8. The number of amides is 1. The van der Waals surface area contributed by atoms with Crippen LogP contribution in [-0.2, 0) is 4.79 Å². The third-order valence-electron chi connectivity index (χ3n) is 7.15. The third kappa shape index (κ3) is 5.12. The van der Waals surface area contributed by atoms with Gasteiger partial charge in [0.05, 0.1) is 29.7 Å². The number of hydrogen-bond acceptors (Lipinski definition) is 4. The number of ether oxygens (including phenoxy) is 1. The molecule has 0 radical (unpaired) electrons. The maximum absolute atomic E-state index is 13.9. The zero-order valence-corrected chi connectivity index (χ0v) is 21.6. The SMILES string of the molecule is COc1ccc(C)cc1-n1c(C(C)N(CCC(C)C)C(=O)C2CCCC2)nc2ccccc2c1=O. The predicted molar refractivity (Wildman–Crippen MR) is 140 cm³/mol. The number of carbonyl (C=O) groups is 1. The quantitative estimate of drug-likeness (QED) is 0.411. The fraction of sp³-hybridized carbons (Fsp3) is 0.483. The van der Waals surface area contributed by atoms with Gasteiger partial charge >= 0.3 is 0 Å². The second kappa shape index (κ2) is 10.6. The molecule has 6 heteroatoms. The molecule has 0 aliphatic heterocycles. The Kier molecular flexibility index (Phi) is 7.58. The Bertz CT molecular complexity index is 1260. The molecule has 4 rings (SSSR count). The van der Waals surface area contributed by atoms with Gasteiger partial charge in [0.2, 0.25) is 5.91 Å². The molecule has 1 aromatic heterocycles. The van der Waals surface area contributed by atoms with E-state index in [1.54, 1.807) is 17.7 Å². The zero-order chi connectivity index (χ0) is 25.1. The second-order valence-corrected chi connectivity index (χ2v) is 10.2. The summed E-state index contributed by atoms with van der Waals surface area (Å²) in [6.45, 7) is 8.98. The molecule has 0 spiro atoms. The van der Waals surface area contributed by atoms with Gasteiger partial charge in [-0.1, -0.05) is 44.9 Å². The highest BCUT2D eigenvalue weighted by molar-refractivity contribution is 5.80. The fourth-order valence-electron chi connectivity index (χ4n) is 5.08. The van der Waals surface area contributed by atoms with Gasteiger partial charge < -0.3 is 9.64 Å². The molecular weight excluding hydrogens is 438 g/mol. The van der Waals surface area contributed by atoms with Gasteiger partial charge in [0, 0.05) is 12.5 Å². The highest BCUT2D eigenvalue weighted by Crippen LogP contribution is 2.32. The first-order valence-electron chi connectivity index (χ1n) is 12.8. The topological polar surface area (TPSA) is 64.4 Å². The van der Waals surface area contributed by atoms with Crippen molar-refractivity contribution in [2.75, 3.05) is 13.7 Å². The van der Waals surface area contributed by atoms with E-state index in [1.165, 1.54) is 0 Å². The van der Waals surface area contributed by atoms with E-state index in [-0.39, 0.29) is 23.4 Å². The largest absolute Gasteiger partial charge is 0.495 e. The molecule has 0 N–H and O–H groups in total. The normalized spacial score (nSPS) is 15.0. The predicted octanol–water partition coefficient (Wildman–Crippen LogP) is 5.83. The number of hydrogen-bond donors (Lipinski definition) is 0. The van der Waals surface area contributed by atoms with Crippen molar-refractivity contribution in [3.05, 3.63) is 64.2 Å². The first-order valence-corrected chi connectivity index (χ1v) is 12.8. The van der Waals surface area contributed by atoms with Crippen LogP contribution in [0.3, 0.4) is 0 Å². The molecule has 1 saturated carbocycles.